The van der Waals surface area contributed by atoms with E-state index in [1.54, 1.807) is 0 Å². The van der Waals surface area contributed by atoms with Crippen LogP contribution in [-0.2, 0) is 13.1 Å². The summed E-state index contributed by atoms with van der Waals surface area (Å²) >= 11 is 0. The molecule has 4 heteroatoms. The van der Waals surface area contributed by atoms with Gasteiger partial charge >= 0.3 is 0 Å². The van der Waals surface area contributed by atoms with Gasteiger partial charge in [-0.05, 0) is 25.1 Å². The minimum atomic E-state index is 0.726. The van der Waals surface area contributed by atoms with Gasteiger partial charge in [-0.3, -0.25) is 4.90 Å². The minimum Gasteiger partial charge on any atom is -0.492 e. The third-order valence-electron chi connectivity index (χ3n) is 3.58. The standard InChI is InChI=1S/C17H21N3O/c1-2-18-17-9-5-7-15(19-17)13-20-10-11-21-16-8-4-3-6-14(16)12-20/h3-9H,2,10-13H2,1H3,(H,18,19). The molecule has 0 unspecified atom stereocenters. The first-order valence-electron chi connectivity index (χ1n) is 7.48. The van der Waals surface area contributed by atoms with Gasteiger partial charge in [-0.2, -0.15) is 0 Å². The van der Waals surface area contributed by atoms with Gasteiger partial charge in [0.05, 0.1) is 5.69 Å². The summed E-state index contributed by atoms with van der Waals surface area (Å²) in [7, 11) is 0. The van der Waals surface area contributed by atoms with Crippen LogP contribution in [0.15, 0.2) is 42.5 Å². The van der Waals surface area contributed by atoms with Crippen LogP contribution in [0.5, 0.6) is 5.75 Å². The molecule has 0 amide bonds. The number of aromatic nitrogens is 1. The Balaban J connectivity index is 1.72. The van der Waals surface area contributed by atoms with Crippen LogP contribution in [-0.4, -0.2) is 29.6 Å². The van der Waals surface area contributed by atoms with Crippen LogP contribution in [0.25, 0.3) is 0 Å². The van der Waals surface area contributed by atoms with Gasteiger partial charge in [0.25, 0.3) is 0 Å². The molecular weight excluding hydrogens is 262 g/mol. The van der Waals surface area contributed by atoms with Crippen molar-refractivity contribution < 1.29 is 4.74 Å². The number of pyridine rings is 1. The SMILES string of the molecule is CCNc1cccc(CN2CCOc3ccccc3C2)n1. The maximum atomic E-state index is 5.80. The molecule has 4 nitrogen and oxygen atoms in total. The van der Waals surface area contributed by atoms with Gasteiger partial charge in [0.2, 0.25) is 0 Å². The fourth-order valence-electron chi connectivity index (χ4n) is 2.59. The second-order valence-electron chi connectivity index (χ2n) is 5.21. The third kappa shape index (κ3) is 3.52. The van der Waals surface area contributed by atoms with Crippen LogP contribution in [0.2, 0.25) is 0 Å². The van der Waals surface area contributed by atoms with Crippen molar-refractivity contribution in [1.29, 1.82) is 0 Å². The zero-order valence-corrected chi connectivity index (χ0v) is 12.4. The average Bonchev–Trinajstić information content (AvgIpc) is 2.69. The highest BCUT2D eigenvalue weighted by Crippen LogP contribution is 2.23. The van der Waals surface area contributed by atoms with Gasteiger partial charge in [-0.15, -0.1) is 0 Å². The molecule has 0 radical (unpaired) electrons. The number of hydrogen-bond acceptors (Lipinski definition) is 4. The van der Waals surface area contributed by atoms with Crippen molar-refractivity contribution in [3.05, 3.63) is 53.7 Å². The maximum Gasteiger partial charge on any atom is 0.126 e. The molecule has 0 atom stereocenters. The average molecular weight is 283 g/mol. The number of ether oxygens (including phenoxy) is 1. The number of benzene rings is 1. The van der Waals surface area contributed by atoms with E-state index in [-0.39, 0.29) is 0 Å². The molecule has 21 heavy (non-hydrogen) atoms. The smallest absolute Gasteiger partial charge is 0.126 e. The van der Waals surface area contributed by atoms with E-state index >= 15 is 0 Å². The van der Waals surface area contributed by atoms with Crippen molar-refractivity contribution in [3.8, 4) is 5.75 Å². The number of para-hydroxylation sites is 1. The van der Waals surface area contributed by atoms with E-state index in [9.17, 15) is 0 Å². The summed E-state index contributed by atoms with van der Waals surface area (Å²) < 4.78 is 5.80. The van der Waals surface area contributed by atoms with Gasteiger partial charge in [0.15, 0.2) is 0 Å². The molecule has 0 saturated carbocycles. The van der Waals surface area contributed by atoms with E-state index in [4.69, 9.17) is 4.74 Å². The second kappa shape index (κ2) is 6.59. The fourth-order valence-corrected chi connectivity index (χ4v) is 2.59. The lowest BCUT2D eigenvalue weighted by Gasteiger charge is -2.19. The summed E-state index contributed by atoms with van der Waals surface area (Å²) in [6, 6.07) is 14.4. The zero-order valence-electron chi connectivity index (χ0n) is 12.4. The molecule has 1 aromatic heterocycles. The molecule has 2 heterocycles. The third-order valence-corrected chi connectivity index (χ3v) is 3.58. The van der Waals surface area contributed by atoms with Crippen molar-refractivity contribution in [2.45, 2.75) is 20.0 Å². The molecule has 1 aromatic carbocycles. The molecule has 1 N–H and O–H groups in total. The first-order valence-corrected chi connectivity index (χ1v) is 7.48. The van der Waals surface area contributed by atoms with Crippen molar-refractivity contribution in [1.82, 2.24) is 9.88 Å². The Morgan fingerprint density at radius 2 is 2.10 bits per heavy atom. The normalized spacial score (nSPS) is 14.9. The molecule has 2 aromatic rings. The summed E-state index contributed by atoms with van der Waals surface area (Å²) in [5.41, 5.74) is 2.34. The number of fused-ring (bicyclic) bond motifs is 1. The molecule has 0 aliphatic carbocycles. The van der Waals surface area contributed by atoms with Crippen LogP contribution < -0.4 is 10.1 Å². The first kappa shape index (κ1) is 13.9. The molecule has 1 aliphatic heterocycles. The Labute approximate surface area is 125 Å². The van der Waals surface area contributed by atoms with Gasteiger partial charge < -0.3 is 10.1 Å². The monoisotopic (exact) mass is 283 g/mol. The lowest BCUT2D eigenvalue weighted by Crippen LogP contribution is -2.25. The van der Waals surface area contributed by atoms with Crippen molar-refractivity contribution in [2.24, 2.45) is 0 Å². The summed E-state index contributed by atoms with van der Waals surface area (Å²) in [6.45, 7) is 6.37. The fraction of sp³-hybridized carbons (Fsp3) is 0.353. The second-order valence-corrected chi connectivity index (χ2v) is 5.21. The quantitative estimate of drug-likeness (QED) is 0.936. The lowest BCUT2D eigenvalue weighted by molar-refractivity contribution is 0.218. The Bertz CT molecular complexity index is 600. The van der Waals surface area contributed by atoms with Crippen molar-refractivity contribution in [2.75, 3.05) is 25.0 Å². The number of nitrogens with zero attached hydrogens (tertiary/aromatic N) is 2. The zero-order chi connectivity index (χ0) is 14.5. The molecule has 0 spiro atoms. The van der Waals surface area contributed by atoms with E-state index in [0.29, 0.717) is 0 Å². The summed E-state index contributed by atoms with van der Waals surface area (Å²) in [5.74, 6) is 1.95. The van der Waals surface area contributed by atoms with Gasteiger partial charge in [-0.25, -0.2) is 4.98 Å². The minimum absolute atomic E-state index is 0.726. The first-order chi connectivity index (χ1) is 10.3. The highest BCUT2D eigenvalue weighted by Gasteiger charge is 2.15. The van der Waals surface area contributed by atoms with Crippen LogP contribution in [0.3, 0.4) is 0 Å². The van der Waals surface area contributed by atoms with E-state index in [1.807, 2.05) is 18.2 Å². The van der Waals surface area contributed by atoms with Crippen molar-refractivity contribution in [3.63, 3.8) is 0 Å². The van der Waals surface area contributed by atoms with Gasteiger partial charge in [0.1, 0.15) is 18.2 Å². The molecule has 0 fully saturated rings. The van der Waals surface area contributed by atoms with Crippen LogP contribution >= 0.6 is 0 Å². The van der Waals surface area contributed by atoms with Crippen LogP contribution in [0, 0.1) is 0 Å². The molecule has 1 aliphatic rings. The topological polar surface area (TPSA) is 37.4 Å². The Hall–Kier alpha value is -2.07. The number of anilines is 1. The predicted molar refractivity (Wildman–Crippen MR) is 84.5 cm³/mol. The summed E-state index contributed by atoms with van der Waals surface area (Å²) in [5, 5.41) is 3.26. The predicted octanol–water partition coefficient (Wildman–Crippen LogP) is 2.91. The maximum absolute atomic E-state index is 5.80. The number of rotatable bonds is 4. The van der Waals surface area contributed by atoms with Crippen molar-refractivity contribution >= 4 is 5.82 Å². The Kier molecular flexibility index (Phi) is 4.36. The van der Waals surface area contributed by atoms with Gasteiger partial charge in [-0.1, -0.05) is 24.3 Å². The summed E-state index contributed by atoms with van der Waals surface area (Å²) in [4.78, 5) is 7.03. The van der Waals surface area contributed by atoms with Gasteiger partial charge in [0, 0.05) is 31.7 Å². The summed E-state index contributed by atoms with van der Waals surface area (Å²) in [6.07, 6.45) is 0. The van der Waals surface area contributed by atoms with E-state index in [0.717, 1.165) is 50.0 Å². The van der Waals surface area contributed by atoms with Crippen LogP contribution in [0.1, 0.15) is 18.2 Å². The molecule has 0 saturated heterocycles. The van der Waals surface area contributed by atoms with E-state index < -0.39 is 0 Å². The molecule has 110 valence electrons. The lowest BCUT2D eigenvalue weighted by atomic mass is 10.2. The molecule has 3 rings (SSSR count). The van der Waals surface area contributed by atoms with E-state index in [2.05, 4.69) is 46.4 Å². The number of nitrogens with one attached hydrogen (secondary N) is 1. The Morgan fingerprint density at radius 1 is 1.19 bits per heavy atom. The largest absolute Gasteiger partial charge is 0.492 e. The van der Waals surface area contributed by atoms with E-state index in [1.165, 1.54) is 5.56 Å². The van der Waals surface area contributed by atoms with Crippen LogP contribution in [0.4, 0.5) is 5.82 Å². The number of hydrogen-bond donors (Lipinski definition) is 1. The molecular formula is C17H21N3O. The highest BCUT2D eigenvalue weighted by atomic mass is 16.5. The molecule has 0 bridgehead atoms. The Morgan fingerprint density at radius 3 is 3.00 bits per heavy atom. The highest BCUT2D eigenvalue weighted by molar-refractivity contribution is 5.35.